The lowest BCUT2D eigenvalue weighted by molar-refractivity contribution is 0.410. The molecule has 2 aromatic rings. The van der Waals surface area contributed by atoms with Gasteiger partial charge in [0.2, 0.25) is 5.95 Å². The van der Waals surface area contributed by atoms with Crippen molar-refractivity contribution in [2.24, 2.45) is 5.11 Å². The Bertz CT molecular complexity index is 820. The minimum absolute atomic E-state index is 0.0139. The first-order chi connectivity index (χ1) is 13.0. The molecule has 0 saturated heterocycles. The van der Waals surface area contributed by atoms with E-state index in [1.807, 2.05) is 25.1 Å². The monoisotopic (exact) mass is 369 g/mol. The second-order valence-electron chi connectivity index (χ2n) is 6.33. The van der Waals surface area contributed by atoms with Gasteiger partial charge in [-0.15, -0.1) is 5.11 Å². The summed E-state index contributed by atoms with van der Waals surface area (Å²) >= 11 is 0. The molecule has 5 N–H and O–H groups in total. The molecule has 0 spiro atoms. The third-order valence-electron chi connectivity index (χ3n) is 4.27. The average molecular weight is 369 g/mol. The Morgan fingerprint density at radius 3 is 2.78 bits per heavy atom. The summed E-state index contributed by atoms with van der Waals surface area (Å²) in [7, 11) is 1.63. The molecule has 144 valence electrons. The van der Waals surface area contributed by atoms with E-state index in [1.165, 1.54) is 0 Å². The highest BCUT2D eigenvalue weighted by atomic mass is 16.5. The number of rotatable bonds is 9. The number of anilines is 2. The minimum atomic E-state index is 0.0139. The lowest BCUT2D eigenvalue weighted by Crippen LogP contribution is -2.12. The number of ether oxygens (including phenoxy) is 1. The lowest BCUT2D eigenvalue weighted by Gasteiger charge is -2.16. The Labute approximate surface area is 159 Å². The standard InChI is InChI=1S/C19H27N7O/c1-4-5-8-23-18-15(12(2)24-19(21)25-18)11-14-9-13(10-17(20)26-22)6-7-16(14)27-3/h6-7,9,20,22H,4-5,8,10-11H2,1-3H3,(H3,21,23,24,25). The van der Waals surface area contributed by atoms with E-state index in [1.54, 1.807) is 7.11 Å². The van der Waals surface area contributed by atoms with Gasteiger partial charge in [-0.2, -0.15) is 4.98 Å². The third kappa shape index (κ3) is 5.47. The fourth-order valence-electron chi connectivity index (χ4n) is 2.86. The zero-order chi connectivity index (χ0) is 19.8. The molecule has 0 atom stereocenters. The summed E-state index contributed by atoms with van der Waals surface area (Å²) in [5, 5.41) is 14.2. The van der Waals surface area contributed by atoms with Gasteiger partial charge < -0.3 is 15.8 Å². The van der Waals surface area contributed by atoms with Crippen LogP contribution in [0.2, 0.25) is 0 Å². The first-order valence-electron chi connectivity index (χ1n) is 8.96. The van der Waals surface area contributed by atoms with E-state index in [2.05, 4.69) is 27.3 Å². The fraction of sp³-hybridized carbons (Fsp3) is 0.421. The summed E-state index contributed by atoms with van der Waals surface area (Å²) in [6.45, 7) is 4.88. The van der Waals surface area contributed by atoms with Crippen molar-refractivity contribution in [3.63, 3.8) is 0 Å². The molecule has 1 heterocycles. The Balaban J connectivity index is 2.38. The molecule has 2 rings (SSSR count). The number of aryl methyl sites for hydroxylation is 1. The number of unbranched alkanes of at least 4 members (excludes halogenated alkanes) is 1. The van der Waals surface area contributed by atoms with E-state index in [0.29, 0.717) is 12.8 Å². The maximum Gasteiger partial charge on any atom is 0.222 e. The van der Waals surface area contributed by atoms with Crippen LogP contribution in [0.3, 0.4) is 0 Å². The summed E-state index contributed by atoms with van der Waals surface area (Å²) in [5.41, 5.74) is 16.5. The van der Waals surface area contributed by atoms with Gasteiger partial charge in [0.15, 0.2) is 0 Å². The highest BCUT2D eigenvalue weighted by Gasteiger charge is 2.15. The molecule has 0 fully saturated rings. The van der Waals surface area contributed by atoms with Crippen LogP contribution in [-0.2, 0) is 12.8 Å². The quantitative estimate of drug-likeness (QED) is 0.231. The summed E-state index contributed by atoms with van der Waals surface area (Å²) in [6.07, 6.45) is 3.01. The van der Waals surface area contributed by atoms with Crippen LogP contribution in [0, 0.1) is 17.9 Å². The number of methoxy groups -OCH3 is 1. The Kier molecular flexibility index (Phi) is 7.22. The van der Waals surface area contributed by atoms with Crippen LogP contribution in [0.4, 0.5) is 11.8 Å². The molecular formula is C19H27N7O. The number of nitrogen functional groups attached to an aromatic ring is 1. The second kappa shape index (κ2) is 9.61. The molecule has 0 radical (unpaired) electrons. The van der Waals surface area contributed by atoms with Gasteiger partial charge in [0.25, 0.3) is 0 Å². The highest BCUT2D eigenvalue weighted by Crippen LogP contribution is 2.27. The predicted molar refractivity (Wildman–Crippen MR) is 107 cm³/mol. The van der Waals surface area contributed by atoms with Crippen molar-refractivity contribution in [3.05, 3.63) is 40.6 Å². The van der Waals surface area contributed by atoms with Gasteiger partial charge >= 0.3 is 0 Å². The number of hydrogen-bond donors (Lipinski definition) is 4. The Morgan fingerprint density at radius 1 is 1.33 bits per heavy atom. The van der Waals surface area contributed by atoms with E-state index < -0.39 is 0 Å². The molecule has 1 aromatic carbocycles. The number of hydrogen-bond acceptors (Lipinski definition) is 7. The van der Waals surface area contributed by atoms with Crippen LogP contribution in [0.5, 0.6) is 5.75 Å². The van der Waals surface area contributed by atoms with E-state index in [-0.39, 0.29) is 11.8 Å². The maximum atomic E-state index is 7.62. The van der Waals surface area contributed by atoms with Gasteiger partial charge in [-0.3, -0.25) is 5.41 Å². The van der Waals surface area contributed by atoms with Crippen LogP contribution in [0.25, 0.3) is 0 Å². The van der Waals surface area contributed by atoms with Crippen LogP contribution >= 0.6 is 0 Å². The van der Waals surface area contributed by atoms with Crippen molar-refractivity contribution in [2.45, 2.75) is 39.5 Å². The van der Waals surface area contributed by atoms with Gasteiger partial charge in [0.1, 0.15) is 17.4 Å². The Morgan fingerprint density at radius 2 is 2.11 bits per heavy atom. The van der Waals surface area contributed by atoms with Crippen molar-refractivity contribution >= 4 is 17.6 Å². The van der Waals surface area contributed by atoms with E-state index in [9.17, 15) is 0 Å². The lowest BCUT2D eigenvalue weighted by atomic mass is 9.99. The molecule has 0 unspecified atom stereocenters. The van der Waals surface area contributed by atoms with Crippen molar-refractivity contribution in [2.75, 3.05) is 24.7 Å². The first kappa shape index (κ1) is 20.3. The average Bonchev–Trinajstić information content (AvgIpc) is 2.64. The van der Waals surface area contributed by atoms with Crippen LogP contribution in [0.1, 0.15) is 42.1 Å². The summed E-state index contributed by atoms with van der Waals surface area (Å²) in [6, 6.07) is 5.73. The number of benzene rings is 1. The number of nitrogens with two attached hydrogens (primary N) is 1. The van der Waals surface area contributed by atoms with E-state index >= 15 is 0 Å². The second-order valence-corrected chi connectivity index (χ2v) is 6.33. The van der Waals surface area contributed by atoms with E-state index in [0.717, 1.165) is 53.3 Å². The third-order valence-corrected chi connectivity index (χ3v) is 4.27. The maximum absolute atomic E-state index is 7.62. The van der Waals surface area contributed by atoms with Crippen LogP contribution in [0.15, 0.2) is 23.3 Å². The highest BCUT2D eigenvalue weighted by molar-refractivity contribution is 5.81. The molecule has 0 aliphatic rings. The minimum Gasteiger partial charge on any atom is -0.496 e. The van der Waals surface area contributed by atoms with Gasteiger partial charge in [-0.1, -0.05) is 25.5 Å². The molecule has 0 saturated carbocycles. The molecule has 0 bridgehead atoms. The topological polar surface area (TPSA) is 133 Å². The first-order valence-corrected chi connectivity index (χ1v) is 8.96. The van der Waals surface area contributed by atoms with Gasteiger partial charge in [-0.25, -0.2) is 10.5 Å². The summed E-state index contributed by atoms with van der Waals surface area (Å²) in [5.74, 6) is 1.76. The molecule has 27 heavy (non-hydrogen) atoms. The van der Waals surface area contributed by atoms with Crippen molar-refractivity contribution in [1.29, 1.82) is 10.9 Å². The molecule has 0 aliphatic heterocycles. The van der Waals surface area contributed by atoms with Gasteiger partial charge in [-0.05, 0) is 30.5 Å². The van der Waals surface area contributed by atoms with Crippen molar-refractivity contribution in [1.82, 2.24) is 9.97 Å². The Hall–Kier alpha value is -3.03. The van der Waals surface area contributed by atoms with Crippen molar-refractivity contribution < 1.29 is 4.74 Å². The SMILES string of the molecule is CCCCNc1nc(N)nc(C)c1Cc1cc(CC(=N)N=N)ccc1OC. The predicted octanol–water partition coefficient (Wildman–Crippen LogP) is 3.73. The molecule has 8 heteroatoms. The van der Waals surface area contributed by atoms with E-state index in [4.69, 9.17) is 21.4 Å². The van der Waals surface area contributed by atoms with Crippen LogP contribution in [-0.4, -0.2) is 29.5 Å². The van der Waals surface area contributed by atoms with Gasteiger partial charge in [0.05, 0.1) is 7.11 Å². The largest absolute Gasteiger partial charge is 0.496 e. The fourth-order valence-corrected chi connectivity index (χ4v) is 2.86. The normalized spacial score (nSPS) is 10.5. The zero-order valence-electron chi connectivity index (χ0n) is 16.1. The molecule has 1 aromatic heterocycles. The van der Waals surface area contributed by atoms with Crippen LogP contribution < -0.4 is 15.8 Å². The number of nitrogens with zero attached hydrogens (tertiary/aromatic N) is 3. The van der Waals surface area contributed by atoms with Crippen molar-refractivity contribution in [3.8, 4) is 5.75 Å². The molecule has 0 amide bonds. The smallest absolute Gasteiger partial charge is 0.222 e. The van der Waals surface area contributed by atoms with Gasteiger partial charge in [0, 0.05) is 30.6 Å². The number of amidine groups is 1. The summed E-state index contributed by atoms with van der Waals surface area (Å²) < 4.78 is 5.51. The molecular weight excluding hydrogens is 342 g/mol. The summed E-state index contributed by atoms with van der Waals surface area (Å²) in [4.78, 5) is 8.69. The zero-order valence-corrected chi connectivity index (χ0v) is 16.1. The molecule has 0 aliphatic carbocycles. The molecule has 8 nitrogen and oxygen atoms in total. The number of nitrogens with one attached hydrogen (secondary N) is 3. The number of aromatic nitrogens is 2.